The summed E-state index contributed by atoms with van der Waals surface area (Å²) in [7, 11) is 0. The predicted octanol–water partition coefficient (Wildman–Crippen LogP) is 3.44. The molecule has 8 heteroatoms. The van der Waals surface area contributed by atoms with Gasteiger partial charge in [0.25, 0.3) is 5.91 Å². The minimum atomic E-state index is -4.42. The number of aromatic nitrogens is 2. The fourth-order valence-corrected chi connectivity index (χ4v) is 2.97. The number of amides is 1. The Balaban J connectivity index is 2.09. The van der Waals surface area contributed by atoms with Gasteiger partial charge in [-0.05, 0) is 12.1 Å². The van der Waals surface area contributed by atoms with Gasteiger partial charge in [-0.15, -0.1) is 17.8 Å². The van der Waals surface area contributed by atoms with E-state index in [0.717, 1.165) is 12.1 Å². The van der Waals surface area contributed by atoms with Crippen molar-refractivity contribution in [1.29, 1.82) is 0 Å². The molecular weight excluding hydrogens is 339 g/mol. The number of carbonyl (C=O) groups excluding carboxylic acids is 1. The van der Waals surface area contributed by atoms with Crippen LogP contribution in [0.2, 0.25) is 0 Å². The van der Waals surface area contributed by atoms with Crippen LogP contribution < -0.4 is 5.32 Å². The number of terminal acetylenes is 1. The van der Waals surface area contributed by atoms with E-state index in [2.05, 4.69) is 16.2 Å². The second-order valence-corrected chi connectivity index (χ2v) is 5.70. The van der Waals surface area contributed by atoms with E-state index in [1.54, 1.807) is 16.0 Å². The van der Waals surface area contributed by atoms with Gasteiger partial charge in [0.05, 0.1) is 17.8 Å². The number of nitrogens with zero attached hydrogens (tertiary/aromatic N) is 2. The number of nitrogens with one attached hydrogen (secondary N) is 1. The molecule has 0 aliphatic heterocycles. The molecule has 3 aromatic rings. The third kappa shape index (κ3) is 2.86. The Morgan fingerprint density at radius 2 is 2.04 bits per heavy atom. The van der Waals surface area contributed by atoms with Crippen LogP contribution in [-0.4, -0.2) is 21.8 Å². The third-order valence-corrected chi connectivity index (χ3v) is 4.07. The van der Waals surface area contributed by atoms with E-state index in [0.29, 0.717) is 16.2 Å². The van der Waals surface area contributed by atoms with Crippen LogP contribution in [0.3, 0.4) is 0 Å². The number of hydrogen-bond donors (Lipinski definition) is 1. The summed E-state index contributed by atoms with van der Waals surface area (Å²) >= 11 is 1.32. The number of hydrogen-bond acceptors (Lipinski definition) is 3. The number of halogens is 3. The first-order valence-corrected chi connectivity index (χ1v) is 7.64. The molecule has 4 nitrogen and oxygen atoms in total. The maximum Gasteiger partial charge on any atom is 0.416 e. The molecule has 2 heterocycles. The molecular formula is C16H10F3N3OS. The first-order valence-electron chi connectivity index (χ1n) is 6.76. The Morgan fingerprint density at radius 1 is 1.33 bits per heavy atom. The number of rotatable bonds is 3. The minimum Gasteiger partial charge on any atom is -0.340 e. The average molecular weight is 349 g/mol. The highest BCUT2D eigenvalue weighted by Gasteiger charge is 2.30. The van der Waals surface area contributed by atoms with Gasteiger partial charge in [-0.1, -0.05) is 18.1 Å². The average Bonchev–Trinajstić information content (AvgIpc) is 3.12. The van der Waals surface area contributed by atoms with Crippen molar-refractivity contribution in [1.82, 2.24) is 14.7 Å². The summed E-state index contributed by atoms with van der Waals surface area (Å²) in [6.45, 7) is 0.0382. The van der Waals surface area contributed by atoms with E-state index in [9.17, 15) is 18.0 Å². The zero-order valence-corrected chi connectivity index (χ0v) is 12.9. The third-order valence-electron chi connectivity index (χ3n) is 3.31. The lowest BCUT2D eigenvalue weighted by atomic mass is 10.1. The highest BCUT2D eigenvalue weighted by Crippen LogP contribution is 2.32. The smallest absolute Gasteiger partial charge is 0.340 e. The van der Waals surface area contributed by atoms with Crippen LogP contribution >= 0.6 is 11.3 Å². The maximum absolute atomic E-state index is 12.7. The Kier molecular flexibility index (Phi) is 4.03. The van der Waals surface area contributed by atoms with Crippen molar-refractivity contribution in [2.24, 2.45) is 0 Å². The van der Waals surface area contributed by atoms with Crippen LogP contribution in [-0.2, 0) is 6.18 Å². The Labute approximate surface area is 138 Å². The fraction of sp³-hybridized carbons (Fsp3) is 0.125. The summed E-state index contributed by atoms with van der Waals surface area (Å²) in [4.78, 5) is 17.1. The largest absolute Gasteiger partial charge is 0.416 e. The summed E-state index contributed by atoms with van der Waals surface area (Å²) in [5.41, 5.74) is 0.252. The highest BCUT2D eigenvalue weighted by atomic mass is 32.1. The van der Waals surface area contributed by atoms with Crippen molar-refractivity contribution in [3.63, 3.8) is 0 Å². The van der Waals surface area contributed by atoms with E-state index < -0.39 is 17.6 Å². The van der Waals surface area contributed by atoms with E-state index in [4.69, 9.17) is 6.42 Å². The summed E-state index contributed by atoms with van der Waals surface area (Å²) in [5, 5.41) is 4.30. The topological polar surface area (TPSA) is 46.4 Å². The molecule has 0 saturated heterocycles. The van der Waals surface area contributed by atoms with Crippen LogP contribution in [0, 0.1) is 12.3 Å². The quantitative estimate of drug-likeness (QED) is 0.736. The molecule has 0 radical (unpaired) electrons. The molecule has 2 aromatic heterocycles. The van der Waals surface area contributed by atoms with Gasteiger partial charge in [0, 0.05) is 17.1 Å². The molecule has 0 aliphatic rings. The molecule has 1 N–H and O–H groups in total. The van der Waals surface area contributed by atoms with Gasteiger partial charge in [-0.3, -0.25) is 9.20 Å². The molecule has 0 spiro atoms. The monoisotopic (exact) mass is 349 g/mol. The van der Waals surface area contributed by atoms with Gasteiger partial charge in [0.1, 0.15) is 0 Å². The number of carbonyl (C=O) groups is 1. The predicted molar refractivity (Wildman–Crippen MR) is 84.7 cm³/mol. The highest BCUT2D eigenvalue weighted by molar-refractivity contribution is 7.15. The van der Waals surface area contributed by atoms with Crippen molar-refractivity contribution in [2.45, 2.75) is 6.18 Å². The van der Waals surface area contributed by atoms with Crippen LogP contribution in [0.15, 0.2) is 35.8 Å². The zero-order valence-electron chi connectivity index (χ0n) is 12.1. The van der Waals surface area contributed by atoms with Gasteiger partial charge in [-0.2, -0.15) is 13.2 Å². The lowest BCUT2D eigenvalue weighted by Gasteiger charge is -2.08. The normalized spacial score (nSPS) is 11.4. The number of thiazole rings is 1. The lowest BCUT2D eigenvalue weighted by Crippen LogP contribution is -2.24. The molecule has 0 atom stereocenters. The molecule has 0 unspecified atom stereocenters. The van der Waals surface area contributed by atoms with Gasteiger partial charge in [0.2, 0.25) is 0 Å². The summed E-state index contributed by atoms with van der Waals surface area (Å²) in [5.74, 6) is 1.82. The molecule has 0 bridgehead atoms. The van der Waals surface area contributed by atoms with Crippen LogP contribution in [0.1, 0.15) is 16.1 Å². The zero-order chi connectivity index (χ0) is 17.3. The first-order chi connectivity index (χ1) is 11.4. The van der Waals surface area contributed by atoms with Crippen molar-refractivity contribution < 1.29 is 18.0 Å². The molecule has 3 rings (SSSR count). The van der Waals surface area contributed by atoms with Crippen molar-refractivity contribution in [2.75, 3.05) is 6.54 Å². The number of fused-ring (bicyclic) bond motifs is 1. The van der Waals surface area contributed by atoms with Crippen LogP contribution in [0.4, 0.5) is 13.2 Å². The molecule has 1 amide bonds. The summed E-state index contributed by atoms with van der Waals surface area (Å²) in [6.07, 6.45) is 2.41. The Morgan fingerprint density at radius 3 is 2.67 bits per heavy atom. The SMILES string of the molecule is C#CCNC(=O)c1nc2sccn2c1-c1ccc(C(F)(F)F)cc1. The van der Waals surface area contributed by atoms with Gasteiger partial charge in [-0.25, -0.2) is 4.98 Å². The molecule has 1 aromatic carbocycles. The molecule has 122 valence electrons. The number of imidazole rings is 1. The second kappa shape index (κ2) is 6.02. The molecule has 24 heavy (non-hydrogen) atoms. The van der Waals surface area contributed by atoms with E-state index >= 15 is 0 Å². The second-order valence-electron chi connectivity index (χ2n) is 4.83. The standard InChI is InChI=1S/C16H10F3N3OS/c1-2-7-20-14(23)12-13(22-8-9-24-15(22)21-12)10-3-5-11(6-4-10)16(17,18)19/h1,3-6,8-9H,7H2,(H,20,23). The van der Waals surface area contributed by atoms with Crippen LogP contribution in [0.25, 0.3) is 16.2 Å². The van der Waals surface area contributed by atoms with Crippen LogP contribution in [0.5, 0.6) is 0 Å². The Hall–Kier alpha value is -2.79. The maximum atomic E-state index is 12.7. The summed E-state index contributed by atoms with van der Waals surface area (Å²) < 4.78 is 39.8. The first kappa shape index (κ1) is 16.1. The van der Waals surface area contributed by atoms with Crippen molar-refractivity contribution in [3.05, 3.63) is 47.1 Å². The summed E-state index contributed by atoms with van der Waals surface area (Å²) in [6, 6.07) is 4.60. The van der Waals surface area contributed by atoms with E-state index in [1.807, 2.05) is 0 Å². The van der Waals surface area contributed by atoms with Crippen molar-refractivity contribution >= 4 is 22.2 Å². The minimum absolute atomic E-state index is 0.0382. The van der Waals surface area contributed by atoms with E-state index in [1.165, 1.54) is 23.5 Å². The fourth-order valence-electron chi connectivity index (χ4n) is 2.25. The van der Waals surface area contributed by atoms with Gasteiger partial charge in [0.15, 0.2) is 10.7 Å². The Bertz CT molecular complexity index is 932. The molecule has 0 aliphatic carbocycles. The van der Waals surface area contributed by atoms with Gasteiger partial charge >= 0.3 is 6.18 Å². The van der Waals surface area contributed by atoms with Crippen molar-refractivity contribution in [3.8, 4) is 23.6 Å². The lowest BCUT2D eigenvalue weighted by molar-refractivity contribution is -0.137. The van der Waals surface area contributed by atoms with E-state index in [-0.39, 0.29) is 12.2 Å². The number of alkyl halides is 3. The van der Waals surface area contributed by atoms with Gasteiger partial charge < -0.3 is 5.32 Å². The number of benzene rings is 1. The molecule has 0 saturated carbocycles. The molecule has 0 fully saturated rings.